The number of nitrogen functional groups attached to an aromatic ring is 1. The zero-order valence-electron chi connectivity index (χ0n) is 8.22. The molecule has 0 aliphatic rings. The van der Waals surface area contributed by atoms with Crippen LogP contribution in [0.3, 0.4) is 0 Å². The summed E-state index contributed by atoms with van der Waals surface area (Å²) < 4.78 is 4.93. The summed E-state index contributed by atoms with van der Waals surface area (Å²) >= 11 is 11.5. The number of ether oxygens (including phenoxy) is 1. The normalized spacial score (nSPS) is 10.1. The number of rotatable bonds is 3. The van der Waals surface area contributed by atoms with Gasteiger partial charge in [0.1, 0.15) is 0 Å². The Morgan fingerprint density at radius 2 is 2.13 bits per heavy atom. The zero-order valence-corrected chi connectivity index (χ0v) is 9.73. The smallest absolute Gasteiger partial charge is 0.340 e. The van der Waals surface area contributed by atoms with Gasteiger partial charge in [0.15, 0.2) is 0 Å². The van der Waals surface area contributed by atoms with Gasteiger partial charge in [0.2, 0.25) is 0 Å². The summed E-state index contributed by atoms with van der Waals surface area (Å²) in [5.74, 6) is -0.479. The molecule has 1 aromatic carbocycles. The van der Waals surface area contributed by atoms with Gasteiger partial charge in [-0.2, -0.15) is 0 Å². The minimum Gasteiger partial charge on any atom is -0.462 e. The van der Waals surface area contributed by atoms with E-state index in [9.17, 15) is 4.79 Å². The van der Waals surface area contributed by atoms with E-state index >= 15 is 0 Å². The van der Waals surface area contributed by atoms with Crippen LogP contribution >= 0.6 is 23.2 Å². The van der Waals surface area contributed by atoms with Crippen molar-refractivity contribution in [2.45, 2.75) is 13.3 Å². The highest BCUT2D eigenvalue weighted by atomic mass is 35.5. The molecule has 0 heterocycles. The molecule has 0 atom stereocenters. The average molecular weight is 248 g/mol. The SMILES string of the molecule is CCCOC(=O)c1ccc(Cl)c(Cl)c1N. The molecule has 0 spiro atoms. The first kappa shape index (κ1) is 12.1. The summed E-state index contributed by atoms with van der Waals surface area (Å²) in [6.45, 7) is 2.27. The van der Waals surface area contributed by atoms with Crippen molar-refractivity contribution in [2.24, 2.45) is 0 Å². The topological polar surface area (TPSA) is 52.3 Å². The Kier molecular flexibility index (Phi) is 4.24. The molecule has 0 fully saturated rings. The van der Waals surface area contributed by atoms with Crippen LogP contribution in [0.4, 0.5) is 5.69 Å². The first-order valence-corrected chi connectivity index (χ1v) is 5.24. The highest BCUT2D eigenvalue weighted by Crippen LogP contribution is 2.30. The van der Waals surface area contributed by atoms with Gasteiger partial charge in [0.05, 0.1) is 27.9 Å². The van der Waals surface area contributed by atoms with Crippen LogP contribution in [0, 0.1) is 0 Å². The molecule has 5 heteroatoms. The van der Waals surface area contributed by atoms with Crippen molar-refractivity contribution in [3.63, 3.8) is 0 Å². The van der Waals surface area contributed by atoms with Gasteiger partial charge < -0.3 is 10.5 Å². The second-order valence-electron chi connectivity index (χ2n) is 2.96. The number of halogens is 2. The molecule has 82 valence electrons. The fraction of sp³-hybridized carbons (Fsp3) is 0.300. The summed E-state index contributed by atoms with van der Waals surface area (Å²) in [4.78, 5) is 11.5. The minimum atomic E-state index is -0.479. The zero-order chi connectivity index (χ0) is 11.4. The average Bonchev–Trinajstić information content (AvgIpc) is 2.23. The first-order chi connectivity index (χ1) is 7.07. The Balaban J connectivity index is 2.95. The number of carbonyl (C=O) groups is 1. The van der Waals surface area contributed by atoms with Crippen molar-refractivity contribution in [3.8, 4) is 0 Å². The molecule has 0 aromatic heterocycles. The standard InChI is InChI=1S/C10H11Cl2NO2/c1-2-5-15-10(14)6-3-4-7(11)8(12)9(6)13/h3-4H,2,5,13H2,1H3. The maximum Gasteiger partial charge on any atom is 0.340 e. The van der Waals surface area contributed by atoms with Crippen LogP contribution in [-0.4, -0.2) is 12.6 Å². The molecule has 0 radical (unpaired) electrons. The molecule has 15 heavy (non-hydrogen) atoms. The quantitative estimate of drug-likeness (QED) is 0.660. The molecule has 0 aliphatic heterocycles. The van der Waals surface area contributed by atoms with E-state index in [1.165, 1.54) is 12.1 Å². The third-order valence-electron chi connectivity index (χ3n) is 1.79. The Labute approximate surface area is 98.1 Å². The summed E-state index contributed by atoms with van der Waals surface area (Å²) in [5, 5.41) is 0.504. The van der Waals surface area contributed by atoms with Gasteiger partial charge in [-0.25, -0.2) is 4.79 Å². The van der Waals surface area contributed by atoms with Crippen molar-refractivity contribution in [1.29, 1.82) is 0 Å². The van der Waals surface area contributed by atoms with Crippen LogP contribution < -0.4 is 5.73 Å². The van der Waals surface area contributed by atoms with Crippen molar-refractivity contribution < 1.29 is 9.53 Å². The monoisotopic (exact) mass is 247 g/mol. The largest absolute Gasteiger partial charge is 0.462 e. The number of benzene rings is 1. The van der Waals surface area contributed by atoms with Crippen molar-refractivity contribution >= 4 is 34.9 Å². The fourth-order valence-electron chi connectivity index (χ4n) is 1.02. The molecule has 0 bridgehead atoms. The van der Waals surface area contributed by atoms with E-state index in [1.807, 2.05) is 6.92 Å². The van der Waals surface area contributed by atoms with E-state index in [2.05, 4.69) is 0 Å². The molecule has 3 nitrogen and oxygen atoms in total. The van der Waals surface area contributed by atoms with Gasteiger partial charge in [-0.1, -0.05) is 30.1 Å². The Bertz CT molecular complexity index is 380. The van der Waals surface area contributed by atoms with Crippen LogP contribution in [0.5, 0.6) is 0 Å². The van der Waals surface area contributed by atoms with E-state index in [0.29, 0.717) is 11.6 Å². The van der Waals surface area contributed by atoms with Gasteiger partial charge in [-0.15, -0.1) is 0 Å². The van der Waals surface area contributed by atoms with Gasteiger partial charge in [0, 0.05) is 0 Å². The molecular formula is C10H11Cl2NO2. The molecule has 2 N–H and O–H groups in total. The Hall–Kier alpha value is -0.930. The Morgan fingerprint density at radius 1 is 1.47 bits per heavy atom. The molecule has 1 aromatic rings. The number of carbonyl (C=O) groups excluding carboxylic acids is 1. The molecule has 0 amide bonds. The highest BCUT2D eigenvalue weighted by Gasteiger charge is 2.14. The summed E-state index contributed by atoms with van der Waals surface area (Å²) in [6.07, 6.45) is 0.757. The second-order valence-corrected chi connectivity index (χ2v) is 3.74. The second kappa shape index (κ2) is 5.24. The predicted molar refractivity (Wildman–Crippen MR) is 61.4 cm³/mol. The van der Waals surface area contributed by atoms with E-state index in [0.717, 1.165) is 6.42 Å². The molecule has 0 unspecified atom stereocenters. The molecular weight excluding hydrogens is 237 g/mol. The van der Waals surface area contributed by atoms with E-state index in [-0.39, 0.29) is 16.3 Å². The lowest BCUT2D eigenvalue weighted by Gasteiger charge is -2.08. The van der Waals surface area contributed by atoms with Crippen LogP contribution in [0.2, 0.25) is 10.0 Å². The third kappa shape index (κ3) is 2.76. The van der Waals surface area contributed by atoms with Crippen molar-refractivity contribution in [2.75, 3.05) is 12.3 Å². The van der Waals surface area contributed by atoms with Crippen LogP contribution in [0.1, 0.15) is 23.7 Å². The van der Waals surface area contributed by atoms with E-state index in [4.69, 9.17) is 33.7 Å². The van der Waals surface area contributed by atoms with Crippen LogP contribution in [0.25, 0.3) is 0 Å². The lowest BCUT2D eigenvalue weighted by molar-refractivity contribution is 0.0506. The number of hydrogen-bond donors (Lipinski definition) is 1. The maximum atomic E-state index is 11.5. The minimum absolute atomic E-state index is 0.158. The lowest BCUT2D eigenvalue weighted by Crippen LogP contribution is -2.09. The van der Waals surface area contributed by atoms with E-state index < -0.39 is 5.97 Å². The molecule has 0 aliphatic carbocycles. The predicted octanol–water partition coefficient (Wildman–Crippen LogP) is 3.14. The van der Waals surface area contributed by atoms with Gasteiger partial charge in [-0.05, 0) is 18.6 Å². The molecule has 1 rings (SSSR count). The fourth-order valence-corrected chi connectivity index (χ4v) is 1.35. The summed E-state index contributed by atoms with van der Waals surface area (Å²) in [6, 6.07) is 3.02. The summed E-state index contributed by atoms with van der Waals surface area (Å²) in [7, 11) is 0. The van der Waals surface area contributed by atoms with Crippen LogP contribution in [-0.2, 0) is 4.74 Å². The number of nitrogens with two attached hydrogens (primary N) is 1. The van der Waals surface area contributed by atoms with Gasteiger partial charge in [-0.3, -0.25) is 0 Å². The van der Waals surface area contributed by atoms with Crippen molar-refractivity contribution in [3.05, 3.63) is 27.7 Å². The van der Waals surface area contributed by atoms with Crippen LogP contribution in [0.15, 0.2) is 12.1 Å². The Morgan fingerprint density at radius 3 is 2.73 bits per heavy atom. The van der Waals surface area contributed by atoms with Crippen molar-refractivity contribution in [1.82, 2.24) is 0 Å². The molecule has 0 saturated heterocycles. The number of esters is 1. The lowest BCUT2D eigenvalue weighted by atomic mass is 10.2. The molecule has 0 saturated carbocycles. The highest BCUT2D eigenvalue weighted by molar-refractivity contribution is 6.44. The van der Waals surface area contributed by atoms with Gasteiger partial charge in [0.25, 0.3) is 0 Å². The van der Waals surface area contributed by atoms with Gasteiger partial charge >= 0.3 is 5.97 Å². The van der Waals surface area contributed by atoms with E-state index in [1.54, 1.807) is 0 Å². The summed E-state index contributed by atoms with van der Waals surface area (Å²) in [5.41, 5.74) is 6.04. The number of anilines is 1. The third-order valence-corrected chi connectivity index (χ3v) is 2.61. The first-order valence-electron chi connectivity index (χ1n) is 4.48. The number of hydrogen-bond acceptors (Lipinski definition) is 3. The maximum absolute atomic E-state index is 11.5.